The number of alkyl halides is 2. The second-order valence-corrected chi connectivity index (χ2v) is 6.72. The molecule has 162 valence electrons. The number of carbonyl (C=O) groups is 2. The molecule has 1 aromatic heterocycles. The largest absolute Gasteiger partial charge is 0.452 e. The number of nitrogens with one attached hydrogen (secondary N) is 1. The maximum Gasteiger partial charge on any atom is 0.387 e. The first kappa shape index (κ1) is 21.9. The van der Waals surface area contributed by atoms with Crippen LogP contribution in [0, 0.1) is 13.8 Å². The quantitative estimate of drug-likeness (QED) is 0.549. The number of amides is 1. The smallest absolute Gasteiger partial charge is 0.387 e. The highest BCUT2D eigenvalue weighted by Crippen LogP contribution is 2.18. The molecule has 3 aromatic rings. The fraction of sp³-hybridized carbons (Fsp3) is 0.227. The molecule has 0 atom stereocenters. The molecule has 0 aliphatic rings. The molecule has 0 radical (unpaired) electrons. The number of aryl methyl sites for hydroxylation is 1. The highest BCUT2D eigenvalue weighted by Gasteiger charge is 2.21. The van der Waals surface area contributed by atoms with Crippen molar-refractivity contribution in [1.82, 2.24) is 9.78 Å². The van der Waals surface area contributed by atoms with Gasteiger partial charge in [0.15, 0.2) is 6.61 Å². The molecule has 0 unspecified atom stereocenters. The lowest BCUT2D eigenvalue weighted by Gasteiger charge is -2.09. The Morgan fingerprint density at radius 1 is 1.06 bits per heavy atom. The van der Waals surface area contributed by atoms with Crippen molar-refractivity contribution in [2.45, 2.75) is 27.0 Å². The van der Waals surface area contributed by atoms with Gasteiger partial charge in [0.05, 0.1) is 17.9 Å². The van der Waals surface area contributed by atoms with Crippen molar-refractivity contribution < 1.29 is 27.8 Å². The minimum absolute atomic E-state index is 0.0297. The van der Waals surface area contributed by atoms with Crippen molar-refractivity contribution in [2.75, 3.05) is 11.9 Å². The molecule has 3 rings (SSSR count). The standard InChI is InChI=1S/C22H21F2N3O4/c1-14-20(15(2)27(26-14)12-16-6-4-3-5-7-16)21(29)30-13-19(28)25-17-8-10-18(11-9-17)31-22(23)24/h3-11,22H,12-13H2,1-2H3,(H,25,28). The Morgan fingerprint density at radius 3 is 2.39 bits per heavy atom. The molecular weight excluding hydrogens is 408 g/mol. The maximum atomic E-state index is 12.5. The minimum Gasteiger partial charge on any atom is -0.452 e. The number of rotatable bonds is 8. The van der Waals surface area contributed by atoms with Crippen LogP contribution in [0.1, 0.15) is 27.3 Å². The Bertz CT molecular complexity index is 1050. The van der Waals surface area contributed by atoms with Gasteiger partial charge in [0.1, 0.15) is 11.3 Å². The number of halogens is 2. The predicted octanol–water partition coefficient (Wildman–Crippen LogP) is 3.95. The molecule has 9 heteroatoms. The topological polar surface area (TPSA) is 82.5 Å². The van der Waals surface area contributed by atoms with Crippen molar-refractivity contribution in [2.24, 2.45) is 0 Å². The molecule has 1 amide bonds. The summed E-state index contributed by atoms with van der Waals surface area (Å²) in [5, 5.41) is 6.92. The van der Waals surface area contributed by atoms with Gasteiger partial charge in [-0.2, -0.15) is 13.9 Å². The van der Waals surface area contributed by atoms with Gasteiger partial charge in [-0.3, -0.25) is 9.48 Å². The summed E-state index contributed by atoms with van der Waals surface area (Å²) in [6.07, 6.45) is 0. The van der Waals surface area contributed by atoms with Crippen LogP contribution in [0.5, 0.6) is 5.75 Å². The number of ether oxygens (including phenoxy) is 2. The summed E-state index contributed by atoms with van der Waals surface area (Å²) in [6, 6.07) is 15.1. The van der Waals surface area contributed by atoms with Gasteiger partial charge < -0.3 is 14.8 Å². The number of aromatic nitrogens is 2. The number of carbonyl (C=O) groups excluding carboxylic acids is 2. The summed E-state index contributed by atoms with van der Waals surface area (Å²) < 4.78 is 35.4. The van der Waals surface area contributed by atoms with Gasteiger partial charge in [-0.1, -0.05) is 30.3 Å². The maximum absolute atomic E-state index is 12.5. The summed E-state index contributed by atoms with van der Waals surface area (Å²) in [5.74, 6) is -1.24. The molecule has 0 bridgehead atoms. The number of hydrogen-bond donors (Lipinski definition) is 1. The Balaban J connectivity index is 1.57. The number of anilines is 1. The number of esters is 1. The van der Waals surface area contributed by atoms with Crippen molar-refractivity contribution in [3.63, 3.8) is 0 Å². The molecular formula is C22H21F2N3O4. The Kier molecular flexibility index (Phi) is 6.96. The first-order chi connectivity index (χ1) is 14.8. The SMILES string of the molecule is Cc1nn(Cc2ccccc2)c(C)c1C(=O)OCC(=O)Nc1ccc(OC(F)F)cc1. The van der Waals surface area contributed by atoms with E-state index >= 15 is 0 Å². The minimum atomic E-state index is -2.93. The lowest BCUT2D eigenvalue weighted by molar-refractivity contribution is -0.119. The molecule has 0 spiro atoms. The average molecular weight is 429 g/mol. The van der Waals surface area contributed by atoms with E-state index in [0.717, 1.165) is 5.56 Å². The van der Waals surface area contributed by atoms with Gasteiger partial charge in [-0.15, -0.1) is 0 Å². The van der Waals surface area contributed by atoms with Crippen molar-refractivity contribution >= 4 is 17.6 Å². The van der Waals surface area contributed by atoms with Gasteiger partial charge in [-0.05, 0) is 43.7 Å². The van der Waals surface area contributed by atoms with Crippen molar-refractivity contribution in [3.8, 4) is 5.75 Å². The zero-order valence-corrected chi connectivity index (χ0v) is 17.0. The monoisotopic (exact) mass is 429 g/mol. The summed E-state index contributed by atoms with van der Waals surface area (Å²) in [5.41, 5.74) is 2.86. The number of benzene rings is 2. The average Bonchev–Trinajstić information content (AvgIpc) is 3.01. The summed E-state index contributed by atoms with van der Waals surface area (Å²) >= 11 is 0. The van der Waals surface area contributed by atoms with Crippen LogP contribution in [-0.4, -0.2) is 34.9 Å². The highest BCUT2D eigenvalue weighted by molar-refractivity contribution is 5.96. The molecule has 7 nitrogen and oxygen atoms in total. The Morgan fingerprint density at radius 2 is 1.74 bits per heavy atom. The van der Waals surface area contributed by atoms with Crippen LogP contribution in [0.15, 0.2) is 54.6 Å². The van der Waals surface area contributed by atoms with E-state index in [0.29, 0.717) is 29.2 Å². The van der Waals surface area contributed by atoms with Crippen LogP contribution in [0.25, 0.3) is 0 Å². The van der Waals surface area contributed by atoms with Crippen LogP contribution in [-0.2, 0) is 16.1 Å². The first-order valence-corrected chi connectivity index (χ1v) is 9.43. The second-order valence-electron chi connectivity index (χ2n) is 6.72. The Hall–Kier alpha value is -3.75. The molecule has 31 heavy (non-hydrogen) atoms. The lowest BCUT2D eigenvalue weighted by Crippen LogP contribution is -2.21. The third kappa shape index (κ3) is 5.88. The van der Waals surface area contributed by atoms with E-state index in [1.165, 1.54) is 24.3 Å². The Labute approximate surface area is 177 Å². The molecule has 0 aliphatic carbocycles. The van der Waals surface area contributed by atoms with E-state index in [9.17, 15) is 18.4 Å². The molecule has 1 heterocycles. The fourth-order valence-corrected chi connectivity index (χ4v) is 3.02. The molecule has 0 aliphatic heterocycles. The van der Waals surface area contributed by atoms with E-state index in [-0.39, 0.29) is 5.75 Å². The van der Waals surface area contributed by atoms with Gasteiger partial charge >= 0.3 is 12.6 Å². The second kappa shape index (κ2) is 9.84. The van der Waals surface area contributed by atoms with Crippen LogP contribution in [0.3, 0.4) is 0 Å². The summed E-state index contributed by atoms with van der Waals surface area (Å²) in [6.45, 7) is 0.545. The van der Waals surface area contributed by atoms with E-state index in [1.54, 1.807) is 18.5 Å². The van der Waals surface area contributed by atoms with Crippen LogP contribution < -0.4 is 10.1 Å². The number of hydrogen-bond acceptors (Lipinski definition) is 5. The molecule has 1 N–H and O–H groups in total. The van der Waals surface area contributed by atoms with Crippen LogP contribution in [0.2, 0.25) is 0 Å². The highest BCUT2D eigenvalue weighted by atomic mass is 19.3. The van der Waals surface area contributed by atoms with Gasteiger partial charge in [0, 0.05) is 5.69 Å². The third-order valence-corrected chi connectivity index (χ3v) is 4.46. The zero-order chi connectivity index (χ0) is 22.4. The van der Waals surface area contributed by atoms with Crippen molar-refractivity contribution in [3.05, 3.63) is 77.1 Å². The number of nitrogens with zero attached hydrogens (tertiary/aromatic N) is 2. The fourth-order valence-electron chi connectivity index (χ4n) is 3.02. The molecule has 0 fully saturated rings. The molecule has 0 saturated heterocycles. The first-order valence-electron chi connectivity index (χ1n) is 9.43. The van der Waals surface area contributed by atoms with E-state index in [2.05, 4.69) is 15.2 Å². The van der Waals surface area contributed by atoms with Crippen LogP contribution in [0.4, 0.5) is 14.5 Å². The lowest BCUT2D eigenvalue weighted by atomic mass is 10.2. The van der Waals surface area contributed by atoms with Crippen LogP contribution >= 0.6 is 0 Å². The predicted molar refractivity (Wildman–Crippen MR) is 109 cm³/mol. The zero-order valence-electron chi connectivity index (χ0n) is 17.0. The third-order valence-electron chi connectivity index (χ3n) is 4.46. The van der Waals surface area contributed by atoms with E-state index < -0.39 is 25.1 Å². The van der Waals surface area contributed by atoms with Gasteiger partial charge in [0.25, 0.3) is 5.91 Å². The molecule has 0 saturated carbocycles. The van der Waals surface area contributed by atoms with E-state index in [1.807, 2.05) is 30.3 Å². The normalized spacial score (nSPS) is 10.7. The van der Waals surface area contributed by atoms with E-state index in [4.69, 9.17) is 4.74 Å². The summed E-state index contributed by atoms with van der Waals surface area (Å²) in [4.78, 5) is 24.6. The summed E-state index contributed by atoms with van der Waals surface area (Å²) in [7, 11) is 0. The van der Waals surface area contributed by atoms with Crippen molar-refractivity contribution in [1.29, 1.82) is 0 Å². The van der Waals surface area contributed by atoms with Gasteiger partial charge in [-0.25, -0.2) is 4.79 Å². The van der Waals surface area contributed by atoms with Gasteiger partial charge in [0.2, 0.25) is 0 Å². The molecule has 2 aromatic carbocycles.